The molecule has 0 saturated carbocycles. The molecule has 1 N–H and O–H groups in total. The first-order valence-corrected chi connectivity index (χ1v) is 5.68. The van der Waals surface area contributed by atoms with Gasteiger partial charge in [-0.1, -0.05) is 0 Å². The zero-order valence-electron chi connectivity index (χ0n) is 10.2. The zero-order valence-corrected chi connectivity index (χ0v) is 10.2. The number of ether oxygens (including phenoxy) is 2. The van der Waals surface area contributed by atoms with Gasteiger partial charge in [0, 0.05) is 18.8 Å². The Kier molecular flexibility index (Phi) is 2.53. The number of nitrogens with zero attached hydrogens (tertiary/aromatic N) is 1. The SMILES string of the molecule is Cn1cc(C(=O)O)c(=O)c2c3c(ccc21)OCOC3. The average Bonchev–Trinajstić information content (AvgIpc) is 2.41. The highest BCUT2D eigenvalue weighted by Gasteiger charge is 2.20. The van der Waals surface area contributed by atoms with Gasteiger partial charge in [0.15, 0.2) is 6.79 Å². The van der Waals surface area contributed by atoms with Crippen molar-refractivity contribution in [2.24, 2.45) is 7.05 Å². The molecule has 1 aromatic heterocycles. The first kappa shape index (κ1) is 11.7. The number of aromatic nitrogens is 1. The van der Waals surface area contributed by atoms with Crippen LogP contribution in [0.15, 0.2) is 23.1 Å². The fourth-order valence-corrected chi connectivity index (χ4v) is 2.30. The van der Waals surface area contributed by atoms with Crippen LogP contribution in [0.3, 0.4) is 0 Å². The van der Waals surface area contributed by atoms with Crippen LogP contribution in [-0.4, -0.2) is 22.4 Å². The molecular weight excluding hydrogens is 250 g/mol. The molecule has 3 rings (SSSR count). The first-order valence-electron chi connectivity index (χ1n) is 5.68. The van der Waals surface area contributed by atoms with Crippen LogP contribution in [0.2, 0.25) is 0 Å². The fourth-order valence-electron chi connectivity index (χ4n) is 2.30. The molecule has 0 aliphatic carbocycles. The summed E-state index contributed by atoms with van der Waals surface area (Å²) in [5, 5.41) is 9.42. The van der Waals surface area contributed by atoms with Gasteiger partial charge >= 0.3 is 5.97 Å². The van der Waals surface area contributed by atoms with Gasteiger partial charge in [-0.2, -0.15) is 0 Å². The number of pyridine rings is 1. The first-order chi connectivity index (χ1) is 9.09. The van der Waals surface area contributed by atoms with Gasteiger partial charge < -0.3 is 19.1 Å². The molecule has 0 spiro atoms. The molecular formula is C13H11NO5. The number of rotatable bonds is 1. The average molecular weight is 261 g/mol. The molecule has 1 aliphatic rings. The molecule has 1 aromatic carbocycles. The van der Waals surface area contributed by atoms with Crippen LogP contribution in [0.5, 0.6) is 5.75 Å². The van der Waals surface area contributed by atoms with Gasteiger partial charge in [0.05, 0.1) is 17.5 Å². The van der Waals surface area contributed by atoms with Gasteiger partial charge in [0.2, 0.25) is 5.43 Å². The van der Waals surface area contributed by atoms with Crippen molar-refractivity contribution in [3.8, 4) is 5.75 Å². The lowest BCUT2D eigenvalue weighted by Gasteiger charge is -2.20. The van der Waals surface area contributed by atoms with Crippen molar-refractivity contribution in [1.29, 1.82) is 0 Å². The summed E-state index contributed by atoms with van der Waals surface area (Å²) in [5.41, 5.74) is 0.496. The number of carbonyl (C=O) groups is 1. The van der Waals surface area contributed by atoms with Crippen molar-refractivity contribution in [3.63, 3.8) is 0 Å². The Morgan fingerprint density at radius 1 is 1.42 bits per heavy atom. The van der Waals surface area contributed by atoms with Crippen molar-refractivity contribution in [2.75, 3.05) is 6.79 Å². The maximum Gasteiger partial charge on any atom is 0.341 e. The number of fused-ring (bicyclic) bond motifs is 3. The van der Waals surface area contributed by atoms with E-state index in [9.17, 15) is 9.59 Å². The van der Waals surface area contributed by atoms with Crippen LogP contribution in [0.1, 0.15) is 15.9 Å². The summed E-state index contributed by atoms with van der Waals surface area (Å²) in [6.45, 7) is 0.377. The molecule has 2 heterocycles. The zero-order chi connectivity index (χ0) is 13.6. The largest absolute Gasteiger partial charge is 0.477 e. The standard InChI is InChI=1S/C13H11NO5/c1-14-4-7(13(16)17)12(15)11-8-5-18-6-19-10(8)3-2-9(11)14/h2-4H,5-6H2,1H3,(H,16,17). The van der Waals surface area contributed by atoms with Gasteiger partial charge in [-0.15, -0.1) is 0 Å². The Morgan fingerprint density at radius 3 is 2.95 bits per heavy atom. The van der Waals surface area contributed by atoms with E-state index >= 15 is 0 Å². The van der Waals surface area contributed by atoms with Gasteiger partial charge in [-0.05, 0) is 12.1 Å². The second-order valence-electron chi connectivity index (χ2n) is 4.33. The molecule has 0 radical (unpaired) electrons. The van der Waals surface area contributed by atoms with E-state index in [1.54, 1.807) is 23.7 Å². The summed E-state index contributed by atoms with van der Waals surface area (Å²) in [6, 6.07) is 3.51. The second kappa shape index (κ2) is 4.10. The number of benzene rings is 1. The van der Waals surface area contributed by atoms with Crippen molar-refractivity contribution in [3.05, 3.63) is 39.7 Å². The summed E-state index contributed by atoms with van der Waals surface area (Å²) in [5.74, 6) is -0.670. The Hall–Kier alpha value is -2.34. The minimum atomic E-state index is -1.24. The maximum absolute atomic E-state index is 12.3. The Bertz CT molecular complexity index is 747. The third-order valence-electron chi connectivity index (χ3n) is 3.20. The van der Waals surface area contributed by atoms with Crippen LogP contribution in [0.4, 0.5) is 0 Å². The van der Waals surface area contributed by atoms with Gasteiger partial charge in [-0.25, -0.2) is 4.79 Å². The molecule has 19 heavy (non-hydrogen) atoms. The summed E-state index contributed by atoms with van der Waals surface area (Å²) in [7, 11) is 1.70. The highest BCUT2D eigenvalue weighted by Crippen LogP contribution is 2.29. The molecule has 0 amide bonds. The summed E-state index contributed by atoms with van der Waals surface area (Å²) < 4.78 is 12.1. The third-order valence-corrected chi connectivity index (χ3v) is 3.20. The summed E-state index contributed by atoms with van der Waals surface area (Å²) in [6.07, 6.45) is 1.32. The lowest BCUT2D eigenvalue weighted by molar-refractivity contribution is -0.0155. The predicted molar refractivity (Wildman–Crippen MR) is 66.4 cm³/mol. The van der Waals surface area contributed by atoms with Gasteiger partial charge in [0.1, 0.15) is 11.3 Å². The van der Waals surface area contributed by atoms with Crippen LogP contribution in [0.25, 0.3) is 10.9 Å². The van der Waals surface area contributed by atoms with Crippen molar-refractivity contribution < 1.29 is 19.4 Å². The van der Waals surface area contributed by atoms with Crippen LogP contribution in [-0.2, 0) is 18.4 Å². The molecule has 98 valence electrons. The van der Waals surface area contributed by atoms with E-state index in [1.807, 2.05) is 0 Å². The van der Waals surface area contributed by atoms with Gasteiger partial charge in [0.25, 0.3) is 0 Å². The van der Waals surface area contributed by atoms with Crippen LogP contribution < -0.4 is 10.2 Å². The molecule has 0 unspecified atom stereocenters. The van der Waals surface area contributed by atoms with Crippen LogP contribution >= 0.6 is 0 Å². The fraction of sp³-hybridized carbons (Fsp3) is 0.231. The Labute approximate surface area is 107 Å². The van der Waals surface area contributed by atoms with Crippen molar-refractivity contribution in [2.45, 2.75) is 6.61 Å². The monoisotopic (exact) mass is 261 g/mol. The lowest BCUT2D eigenvalue weighted by atomic mass is 10.0. The highest BCUT2D eigenvalue weighted by atomic mass is 16.7. The minimum absolute atomic E-state index is 0.136. The number of aromatic carboxylic acids is 1. The lowest BCUT2D eigenvalue weighted by Crippen LogP contribution is -2.21. The number of hydrogen-bond donors (Lipinski definition) is 1. The van der Waals surface area contributed by atoms with E-state index in [0.29, 0.717) is 22.2 Å². The van der Waals surface area contributed by atoms with E-state index in [1.165, 1.54) is 6.20 Å². The predicted octanol–water partition coefficient (Wildman–Crippen LogP) is 1.10. The van der Waals surface area contributed by atoms with Crippen molar-refractivity contribution in [1.82, 2.24) is 4.57 Å². The number of carboxylic acid groups (broad SMARTS) is 1. The molecule has 0 bridgehead atoms. The Balaban J connectivity index is 2.47. The van der Waals surface area contributed by atoms with E-state index in [0.717, 1.165) is 0 Å². The van der Waals surface area contributed by atoms with E-state index in [4.69, 9.17) is 14.6 Å². The molecule has 2 aromatic rings. The highest BCUT2D eigenvalue weighted by molar-refractivity contribution is 5.94. The van der Waals surface area contributed by atoms with Gasteiger partial charge in [-0.3, -0.25) is 4.79 Å². The van der Waals surface area contributed by atoms with E-state index in [-0.39, 0.29) is 19.0 Å². The molecule has 0 atom stereocenters. The molecule has 0 fully saturated rings. The van der Waals surface area contributed by atoms with E-state index < -0.39 is 11.4 Å². The number of aryl methyl sites for hydroxylation is 1. The number of hydrogen-bond acceptors (Lipinski definition) is 4. The molecule has 6 heteroatoms. The summed E-state index contributed by atoms with van der Waals surface area (Å²) in [4.78, 5) is 23.4. The smallest absolute Gasteiger partial charge is 0.341 e. The second-order valence-corrected chi connectivity index (χ2v) is 4.33. The summed E-state index contributed by atoms with van der Waals surface area (Å²) >= 11 is 0. The molecule has 6 nitrogen and oxygen atoms in total. The minimum Gasteiger partial charge on any atom is -0.477 e. The molecule has 0 saturated heterocycles. The Morgan fingerprint density at radius 2 is 2.21 bits per heavy atom. The van der Waals surface area contributed by atoms with Crippen molar-refractivity contribution >= 4 is 16.9 Å². The quantitative estimate of drug-likeness (QED) is 0.831. The topological polar surface area (TPSA) is 77.8 Å². The van der Waals surface area contributed by atoms with Crippen LogP contribution in [0, 0.1) is 0 Å². The third kappa shape index (κ3) is 1.68. The molecule has 1 aliphatic heterocycles. The number of carboxylic acids is 1. The van der Waals surface area contributed by atoms with E-state index in [2.05, 4.69) is 0 Å². The normalized spacial score (nSPS) is 13.9. The maximum atomic E-state index is 12.3.